The predicted molar refractivity (Wildman–Crippen MR) is 76.3 cm³/mol. The second kappa shape index (κ2) is 5.74. The van der Waals surface area contributed by atoms with E-state index in [-0.39, 0.29) is 5.25 Å². The molecule has 2 heterocycles. The minimum absolute atomic E-state index is 0.275. The van der Waals surface area contributed by atoms with Crippen LogP contribution in [0.15, 0.2) is 36.0 Å². The molecule has 2 aromatic rings. The number of hydrogen-bond donors (Lipinski definition) is 0. The second-order valence-corrected chi connectivity index (χ2v) is 5.42. The van der Waals surface area contributed by atoms with Gasteiger partial charge in [0.2, 0.25) is 0 Å². The van der Waals surface area contributed by atoms with Crippen molar-refractivity contribution in [3.05, 3.63) is 41.7 Å². The van der Waals surface area contributed by atoms with Crippen LogP contribution in [0.2, 0.25) is 0 Å². The highest BCUT2D eigenvalue weighted by molar-refractivity contribution is 8.03. The first kappa shape index (κ1) is 12.7. The Hall–Kier alpha value is -1.73. The number of hydrogen-bond acceptors (Lipinski definition) is 3. The molecule has 18 heavy (non-hydrogen) atoms. The second-order valence-electron chi connectivity index (χ2n) is 3.92. The van der Waals surface area contributed by atoms with Crippen LogP contribution in [-0.4, -0.2) is 19.8 Å². The fourth-order valence-electron chi connectivity index (χ4n) is 1.53. The number of rotatable bonds is 3. The molecule has 1 atom stereocenters. The lowest BCUT2D eigenvalue weighted by atomic mass is 10.3. The van der Waals surface area contributed by atoms with Gasteiger partial charge in [0.05, 0.1) is 11.4 Å². The summed E-state index contributed by atoms with van der Waals surface area (Å²) in [6, 6.07) is 3.78. The average molecular weight is 257 g/mol. The Labute approximate surface area is 111 Å². The molecule has 1 unspecified atom stereocenters. The van der Waals surface area contributed by atoms with Crippen LogP contribution in [0.3, 0.4) is 0 Å². The SMILES string of the molecule is C=C(C)SC(C#Cc1cnc2cccnn12)CC. The van der Waals surface area contributed by atoms with E-state index in [1.165, 1.54) is 0 Å². The van der Waals surface area contributed by atoms with Gasteiger partial charge < -0.3 is 0 Å². The molecule has 0 N–H and O–H groups in total. The van der Waals surface area contributed by atoms with Crippen LogP contribution in [0.5, 0.6) is 0 Å². The van der Waals surface area contributed by atoms with Crippen molar-refractivity contribution < 1.29 is 0 Å². The van der Waals surface area contributed by atoms with Crippen LogP contribution >= 0.6 is 11.8 Å². The number of nitrogens with zero attached hydrogens (tertiary/aromatic N) is 3. The van der Waals surface area contributed by atoms with E-state index in [1.807, 2.05) is 19.1 Å². The van der Waals surface area contributed by atoms with E-state index < -0.39 is 0 Å². The zero-order valence-electron chi connectivity index (χ0n) is 10.6. The maximum atomic E-state index is 4.26. The van der Waals surface area contributed by atoms with E-state index in [0.29, 0.717) is 0 Å². The highest BCUT2D eigenvalue weighted by atomic mass is 32.2. The summed E-state index contributed by atoms with van der Waals surface area (Å²) in [5.41, 5.74) is 1.65. The third-order valence-electron chi connectivity index (χ3n) is 2.35. The van der Waals surface area contributed by atoms with Crippen LogP contribution in [-0.2, 0) is 0 Å². The highest BCUT2D eigenvalue weighted by Crippen LogP contribution is 2.21. The topological polar surface area (TPSA) is 30.2 Å². The summed E-state index contributed by atoms with van der Waals surface area (Å²) in [4.78, 5) is 5.35. The van der Waals surface area contributed by atoms with Gasteiger partial charge in [-0.3, -0.25) is 0 Å². The Morgan fingerprint density at radius 1 is 1.61 bits per heavy atom. The monoisotopic (exact) mass is 257 g/mol. The number of allylic oxidation sites excluding steroid dienone is 1. The Morgan fingerprint density at radius 2 is 2.44 bits per heavy atom. The van der Waals surface area contributed by atoms with Crippen LogP contribution in [0.1, 0.15) is 26.0 Å². The molecule has 92 valence electrons. The first-order chi connectivity index (χ1) is 8.70. The smallest absolute Gasteiger partial charge is 0.154 e. The summed E-state index contributed by atoms with van der Waals surface area (Å²) in [5.74, 6) is 6.40. The molecule has 0 aliphatic heterocycles. The summed E-state index contributed by atoms with van der Waals surface area (Å²) in [6.07, 6.45) is 4.49. The van der Waals surface area contributed by atoms with Gasteiger partial charge in [-0.1, -0.05) is 19.4 Å². The molecule has 2 aromatic heterocycles. The van der Waals surface area contributed by atoms with Crippen LogP contribution < -0.4 is 0 Å². The van der Waals surface area contributed by atoms with E-state index in [4.69, 9.17) is 0 Å². The summed E-state index contributed by atoms with van der Waals surface area (Å²) in [7, 11) is 0. The fraction of sp³-hybridized carbons (Fsp3) is 0.286. The molecule has 0 saturated heterocycles. The Kier molecular flexibility index (Phi) is 4.06. The lowest BCUT2D eigenvalue weighted by Crippen LogP contribution is -1.97. The van der Waals surface area contributed by atoms with Gasteiger partial charge in [0, 0.05) is 6.20 Å². The molecule has 3 nitrogen and oxygen atoms in total. The normalized spacial score (nSPS) is 11.9. The Morgan fingerprint density at radius 3 is 3.17 bits per heavy atom. The number of thioether (sulfide) groups is 1. The molecule has 0 fully saturated rings. The zero-order valence-corrected chi connectivity index (χ0v) is 11.4. The van der Waals surface area contributed by atoms with Crippen LogP contribution in [0, 0.1) is 11.8 Å². The molecule has 0 amide bonds. The van der Waals surface area contributed by atoms with Crippen molar-refractivity contribution >= 4 is 17.4 Å². The van der Waals surface area contributed by atoms with Crippen LogP contribution in [0.25, 0.3) is 5.65 Å². The van der Waals surface area contributed by atoms with Gasteiger partial charge in [-0.15, -0.1) is 11.8 Å². The minimum Gasteiger partial charge on any atom is -0.234 e. The van der Waals surface area contributed by atoms with Crippen molar-refractivity contribution in [2.24, 2.45) is 0 Å². The highest BCUT2D eigenvalue weighted by Gasteiger charge is 2.04. The number of fused-ring (bicyclic) bond motifs is 1. The number of imidazole rings is 1. The van der Waals surface area contributed by atoms with E-state index in [9.17, 15) is 0 Å². The molecule has 0 aliphatic rings. The summed E-state index contributed by atoms with van der Waals surface area (Å²) in [6.45, 7) is 8.03. The van der Waals surface area contributed by atoms with Crippen molar-refractivity contribution in [1.82, 2.24) is 14.6 Å². The van der Waals surface area contributed by atoms with Gasteiger partial charge in [0.15, 0.2) is 5.65 Å². The van der Waals surface area contributed by atoms with E-state index in [0.717, 1.165) is 22.7 Å². The molecule has 0 spiro atoms. The van der Waals surface area contributed by atoms with Crippen molar-refractivity contribution in [2.45, 2.75) is 25.5 Å². The molecule has 4 heteroatoms. The molecule has 2 rings (SSSR count). The minimum atomic E-state index is 0.275. The van der Waals surface area contributed by atoms with Gasteiger partial charge in [-0.2, -0.15) is 5.10 Å². The lowest BCUT2D eigenvalue weighted by molar-refractivity contribution is 0.922. The Bertz CT molecular complexity index is 618. The van der Waals surface area contributed by atoms with Crippen molar-refractivity contribution in [2.75, 3.05) is 0 Å². The van der Waals surface area contributed by atoms with E-state index in [1.54, 1.807) is 28.7 Å². The largest absolute Gasteiger partial charge is 0.234 e. The summed E-state index contributed by atoms with van der Waals surface area (Å²) >= 11 is 1.71. The maximum absolute atomic E-state index is 4.26. The third-order valence-corrected chi connectivity index (χ3v) is 3.49. The van der Waals surface area contributed by atoms with Gasteiger partial charge >= 0.3 is 0 Å². The van der Waals surface area contributed by atoms with E-state index in [2.05, 4.69) is 35.4 Å². The molecule has 0 saturated carbocycles. The lowest BCUT2D eigenvalue weighted by Gasteiger charge is -2.05. The van der Waals surface area contributed by atoms with Gasteiger partial charge in [0.25, 0.3) is 0 Å². The van der Waals surface area contributed by atoms with Crippen molar-refractivity contribution in [1.29, 1.82) is 0 Å². The first-order valence-corrected chi connectivity index (χ1v) is 6.71. The zero-order chi connectivity index (χ0) is 13.0. The van der Waals surface area contributed by atoms with Crippen molar-refractivity contribution in [3.8, 4) is 11.8 Å². The van der Waals surface area contributed by atoms with Gasteiger partial charge in [-0.05, 0) is 36.3 Å². The van der Waals surface area contributed by atoms with Crippen molar-refractivity contribution in [3.63, 3.8) is 0 Å². The predicted octanol–water partition coefficient (Wildman–Crippen LogP) is 3.13. The molecular formula is C14H15N3S. The van der Waals surface area contributed by atoms with Gasteiger partial charge in [-0.25, -0.2) is 9.50 Å². The quantitative estimate of drug-likeness (QED) is 0.791. The summed E-state index contributed by atoms with van der Waals surface area (Å²) < 4.78 is 1.76. The summed E-state index contributed by atoms with van der Waals surface area (Å²) in [5, 5.41) is 4.51. The fourth-order valence-corrected chi connectivity index (χ4v) is 2.30. The molecular weight excluding hydrogens is 242 g/mol. The average Bonchev–Trinajstić information content (AvgIpc) is 2.77. The number of aromatic nitrogens is 3. The van der Waals surface area contributed by atoms with Gasteiger partial charge in [0.1, 0.15) is 5.69 Å². The molecule has 0 radical (unpaired) electrons. The molecule has 0 aliphatic carbocycles. The third kappa shape index (κ3) is 2.93. The van der Waals surface area contributed by atoms with E-state index >= 15 is 0 Å². The van der Waals surface area contributed by atoms with Crippen LogP contribution in [0.4, 0.5) is 0 Å². The standard InChI is InChI=1S/C14H15N3S/c1-4-13(18-11(2)3)8-7-12-10-15-14-6-5-9-16-17(12)14/h5-6,9-10,13H,2,4H2,1,3H3. The Balaban J connectivity index is 2.25. The molecule has 0 aromatic carbocycles. The maximum Gasteiger partial charge on any atom is 0.154 e. The molecule has 0 bridgehead atoms. The first-order valence-electron chi connectivity index (χ1n) is 5.83.